The summed E-state index contributed by atoms with van der Waals surface area (Å²) in [7, 11) is 0. The summed E-state index contributed by atoms with van der Waals surface area (Å²) in [5.41, 5.74) is -1.71. The topological polar surface area (TPSA) is 63.1 Å². The molecule has 2 aliphatic rings. The van der Waals surface area contributed by atoms with E-state index >= 15 is 0 Å². The molecule has 2 amide bonds. The van der Waals surface area contributed by atoms with Crippen LogP contribution in [0.15, 0.2) is 6.33 Å². The van der Waals surface area contributed by atoms with E-state index in [1.165, 1.54) is 11.2 Å². The normalized spacial score (nSPS) is 20.4. The number of fused-ring (bicyclic) bond motifs is 1. The van der Waals surface area contributed by atoms with Gasteiger partial charge in [0.2, 0.25) is 0 Å². The summed E-state index contributed by atoms with van der Waals surface area (Å²) in [4.78, 5) is 17.4. The Morgan fingerprint density at radius 3 is 2.80 bits per heavy atom. The zero-order valence-electron chi connectivity index (χ0n) is 10.7. The van der Waals surface area contributed by atoms with Crippen molar-refractivity contribution in [1.29, 1.82) is 0 Å². The highest BCUT2D eigenvalue weighted by Crippen LogP contribution is 2.57. The molecule has 1 aromatic heterocycles. The first-order valence-corrected chi connectivity index (χ1v) is 6.37. The zero-order chi connectivity index (χ0) is 14.4. The number of halogens is 3. The third-order valence-electron chi connectivity index (χ3n) is 3.93. The maximum atomic E-state index is 12.8. The molecule has 110 valence electrons. The van der Waals surface area contributed by atoms with E-state index in [1.54, 1.807) is 4.68 Å². The molecule has 1 N–H and O–H groups in total. The van der Waals surface area contributed by atoms with Crippen LogP contribution in [0.3, 0.4) is 0 Å². The number of carbonyl (C=O) groups is 1. The van der Waals surface area contributed by atoms with E-state index in [-0.39, 0.29) is 25.9 Å². The SMILES string of the molecule is O=C(NCC1(C(F)(F)F)CC1)N1CCn2ncnc2C1. The Labute approximate surface area is 112 Å². The molecular formula is C11H14F3N5O. The molecule has 1 saturated carbocycles. The van der Waals surface area contributed by atoms with Crippen LogP contribution in [0.2, 0.25) is 0 Å². The molecule has 3 rings (SSSR count). The van der Waals surface area contributed by atoms with Gasteiger partial charge in [0, 0.05) is 13.1 Å². The first-order chi connectivity index (χ1) is 9.41. The van der Waals surface area contributed by atoms with Crippen molar-refractivity contribution >= 4 is 6.03 Å². The molecule has 1 fully saturated rings. The minimum atomic E-state index is -4.25. The Morgan fingerprint density at radius 2 is 2.15 bits per heavy atom. The van der Waals surface area contributed by atoms with Gasteiger partial charge in [0.05, 0.1) is 18.5 Å². The molecule has 0 atom stereocenters. The van der Waals surface area contributed by atoms with Gasteiger partial charge in [0.25, 0.3) is 0 Å². The number of nitrogens with one attached hydrogen (secondary N) is 1. The minimum absolute atomic E-state index is 0.0884. The maximum Gasteiger partial charge on any atom is 0.396 e. The van der Waals surface area contributed by atoms with Gasteiger partial charge in [0.15, 0.2) is 0 Å². The van der Waals surface area contributed by atoms with Gasteiger partial charge in [-0.25, -0.2) is 14.5 Å². The van der Waals surface area contributed by atoms with Gasteiger partial charge in [-0.15, -0.1) is 0 Å². The van der Waals surface area contributed by atoms with Gasteiger partial charge in [-0.05, 0) is 12.8 Å². The van der Waals surface area contributed by atoms with Gasteiger partial charge in [0.1, 0.15) is 12.2 Å². The average Bonchev–Trinajstić information content (AvgIpc) is 3.06. The second-order valence-electron chi connectivity index (χ2n) is 5.26. The molecule has 1 aliphatic heterocycles. The highest BCUT2D eigenvalue weighted by Gasteiger charge is 2.63. The Balaban J connectivity index is 1.56. The number of alkyl halides is 3. The van der Waals surface area contributed by atoms with Crippen LogP contribution in [0.1, 0.15) is 18.7 Å². The molecule has 0 radical (unpaired) electrons. The predicted molar refractivity (Wildman–Crippen MR) is 61.6 cm³/mol. The smallest absolute Gasteiger partial charge is 0.337 e. The lowest BCUT2D eigenvalue weighted by molar-refractivity contribution is -0.184. The number of nitrogens with zero attached hydrogens (tertiary/aromatic N) is 4. The third kappa shape index (κ3) is 2.20. The van der Waals surface area contributed by atoms with Crippen LogP contribution in [0.5, 0.6) is 0 Å². The van der Waals surface area contributed by atoms with E-state index in [2.05, 4.69) is 15.4 Å². The summed E-state index contributed by atoms with van der Waals surface area (Å²) in [6, 6.07) is -0.477. The summed E-state index contributed by atoms with van der Waals surface area (Å²) in [5, 5.41) is 6.37. The van der Waals surface area contributed by atoms with Crippen LogP contribution in [0, 0.1) is 5.41 Å². The predicted octanol–water partition coefficient (Wildman–Crippen LogP) is 1.15. The lowest BCUT2D eigenvalue weighted by atomic mass is 10.1. The van der Waals surface area contributed by atoms with Crippen molar-refractivity contribution in [3.63, 3.8) is 0 Å². The minimum Gasteiger partial charge on any atom is -0.337 e. The van der Waals surface area contributed by atoms with Crippen molar-refractivity contribution in [2.24, 2.45) is 5.41 Å². The lowest BCUT2D eigenvalue weighted by Crippen LogP contribution is -2.47. The monoisotopic (exact) mass is 289 g/mol. The highest BCUT2D eigenvalue weighted by atomic mass is 19.4. The van der Waals surface area contributed by atoms with Crippen molar-refractivity contribution in [1.82, 2.24) is 25.0 Å². The summed E-state index contributed by atoms with van der Waals surface area (Å²) in [6.45, 7) is 0.845. The molecule has 0 spiro atoms. The van der Waals surface area contributed by atoms with E-state index in [0.29, 0.717) is 18.9 Å². The summed E-state index contributed by atoms with van der Waals surface area (Å²) in [6.07, 6.45) is -2.67. The van der Waals surface area contributed by atoms with Crippen molar-refractivity contribution in [2.75, 3.05) is 13.1 Å². The quantitative estimate of drug-likeness (QED) is 0.888. The fraction of sp³-hybridized carbons (Fsp3) is 0.727. The second-order valence-corrected chi connectivity index (χ2v) is 5.26. The van der Waals surface area contributed by atoms with Crippen LogP contribution in [-0.2, 0) is 13.1 Å². The standard InChI is InChI=1S/C11H14F3N5O/c12-11(13,14)10(1-2-10)6-15-9(20)18-3-4-19-8(5-18)16-7-17-19/h7H,1-6H2,(H,15,20). The van der Waals surface area contributed by atoms with Gasteiger partial charge in [-0.3, -0.25) is 0 Å². The molecule has 0 bridgehead atoms. The maximum absolute atomic E-state index is 12.8. The van der Waals surface area contributed by atoms with Gasteiger partial charge in [-0.2, -0.15) is 18.3 Å². The largest absolute Gasteiger partial charge is 0.396 e. The highest BCUT2D eigenvalue weighted by molar-refractivity contribution is 5.74. The van der Waals surface area contributed by atoms with Gasteiger partial charge >= 0.3 is 12.2 Å². The Bertz CT molecular complexity index is 522. The van der Waals surface area contributed by atoms with Crippen molar-refractivity contribution in [2.45, 2.75) is 32.1 Å². The second kappa shape index (κ2) is 4.35. The average molecular weight is 289 g/mol. The molecule has 20 heavy (non-hydrogen) atoms. The zero-order valence-corrected chi connectivity index (χ0v) is 10.7. The van der Waals surface area contributed by atoms with E-state index in [9.17, 15) is 18.0 Å². The molecule has 6 nitrogen and oxygen atoms in total. The molecular weight excluding hydrogens is 275 g/mol. The van der Waals surface area contributed by atoms with Crippen molar-refractivity contribution < 1.29 is 18.0 Å². The van der Waals surface area contributed by atoms with E-state index in [1.807, 2.05) is 0 Å². The molecule has 9 heteroatoms. The van der Waals surface area contributed by atoms with Crippen LogP contribution in [0.4, 0.5) is 18.0 Å². The van der Waals surface area contributed by atoms with Crippen molar-refractivity contribution in [3.8, 4) is 0 Å². The Hall–Kier alpha value is -1.80. The fourth-order valence-electron chi connectivity index (χ4n) is 2.30. The van der Waals surface area contributed by atoms with Crippen LogP contribution in [0.25, 0.3) is 0 Å². The number of amides is 2. The molecule has 0 unspecified atom stereocenters. The van der Waals surface area contributed by atoms with Gasteiger partial charge in [-0.1, -0.05) is 0 Å². The Kier molecular flexibility index (Phi) is 2.87. The molecule has 2 heterocycles. The fourth-order valence-corrected chi connectivity index (χ4v) is 2.30. The summed E-state index contributed by atoms with van der Waals surface area (Å²) >= 11 is 0. The number of aromatic nitrogens is 3. The lowest BCUT2D eigenvalue weighted by Gasteiger charge is -2.28. The van der Waals surface area contributed by atoms with Crippen LogP contribution >= 0.6 is 0 Å². The first kappa shape index (κ1) is 13.2. The number of rotatable bonds is 2. The molecule has 0 saturated heterocycles. The number of carbonyl (C=O) groups excluding carboxylic acids is 1. The number of hydrogen-bond donors (Lipinski definition) is 1. The van der Waals surface area contributed by atoms with E-state index in [0.717, 1.165) is 0 Å². The molecule has 1 aliphatic carbocycles. The third-order valence-corrected chi connectivity index (χ3v) is 3.93. The molecule has 1 aromatic rings. The summed E-state index contributed by atoms with van der Waals surface area (Å²) in [5.74, 6) is 0.642. The first-order valence-electron chi connectivity index (χ1n) is 6.37. The summed E-state index contributed by atoms with van der Waals surface area (Å²) < 4.78 is 40.0. The van der Waals surface area contributed by atoms with Gasteiger partial charge < -0.3 is 10.2 Å². The van der Waals surface area contributed by atoms with Crippen LogP contribution < -0.4 is 5.32 Å². The molecule has 0 aromatic carbocycles. The Morgan fingerprint density at radius 1 is 1.40 bits per heavy atom. The van der Waals surface area contributed by atoms with E-state index in [4.69, 9.17) is 0 Å². The van der Waals surface area contributed by atoms with Crippen molar-refractivity contribution in [3.05, 3.63) is 12.2 Å². The number of hydrogen-bond acceptors (Lipinski definition) is 3. The van der Waals surface area contributed by atoms with Crippen LogP contribution in [-0.4, -0.2) is 45.0 Å². The van der Waals surface area contributed by atoms with E-state index < -0.39 is 17.6 Å². The number of urea groups is 1.